The van der Waals surface area contributed by atoms with Crippen LogP contribution in [0.3, 0.4) is 0 Å². The third-order valence-corrected chi connectivity index (χ3v) is 1.93. The minimum Gasteiger partial charge on any atom is -1.00 e. The Labute approximate surface area is 90.6 Å². The Bertz CT molecular complexity index is 289. The fourth-order valence-corrected chi connectivity index (χ4v) is 1.20. The number of methoxy groups -OCH3 is 2. The number of halogens is 1. The maximum Gasteiger partial charge on any atom is 0.123 e. The molecule has 0 amide bonds. The summed E-state index contributed by atoms with van der Waals surface area (Å²) in [4.78, 5) is 0. The molecule has 2 N–H and O–H groups in total. The molecule has 14 heavy (non-hydrogen) atoms. The SMILES string of the molecule is COc1ccc(OC)c(C(C)N)c1.[Cl-]. The topological polar surface area (TPSA) is 44.5 Å². The molecule has 0 bridgehead atoms. The molecule has 0 aromatic heterocycles. The molecule has 3 nitrogen and oxygen atoms in total. The second kappa shape index (κ2) is 5.73. The molecule has 0 aliphatic rings. The average Bonchev–Trinajstić information content (AvgIpc) is 2.16. The van der Waals surface area contributed by atoms with E-state index in [0.717, 1.165) is 17.1 Å². The van der Waals surface area contributed by atoms with Crippen molar-refractivity contribution >= 4 is 0 Å². The maximum absolute atomic E-state index is 5.78. The van der Waals surface area contributed by atoms with Gasteiger partial charge in [-0.15, -0.1) is 0 Å². The summed E-state index contributed by atoms with van der Waals surface area (Å²) >= 11 is 0. The fraction of sp³-hybridized carbons (Fsp3) is 0.400. The molecular weight excluding hydrogens is 202 g/mol. The Balaban J connectivity index is 0.00000169. The number of rotatable bonds is 3. The Morgan fingerprint density at radius 2 is 1.86 bits per heavy atom. The van der Waals surface area contributed by atoms with E-state index in [4.69, 9.17) is 15.2 Å². The molecule has 1 aromatic rings. The maximum atomic E-state index is 5.78. The Hall–Kier alpha value is -0.930. The van der Waals surface area contributed by atoms with Crippen molar-refractivity contribution in [2.75, 3.05) is 14.2 Å². The zero-order valence-corrected chi connectivity index (χ0v) is 9.34. The molecular formula is C10H15ClNO2-. The van der Waals surface area contributed by atoms with Crippen molar-refractivity contribution in [2.24, 2.45) is 5.73 Å². The molecule has 0 aliphatic carbocycles. The molecule has 0 spiro atoms. The number of hydrogen-bond acceptors (Lipinski definition) is 3. The normalized spacial score (nSPS) is 11.4. The van der Waals surface area contributed by atoms with Crippen LogP contribution in [0.25, 0.3) is 0 Å². The van der Waals surface area contributed by atoms with Crippen LogP contribution in [0, 0.1) is 0 Å². The molecule has 1 atom stereocenters. The summed E-state index contributed by atoms with van der Waals surface area (Å²) in [5.41, 5.74) is 6.74. The smallest absolute Gasteiger partial charge is 0.123 e. The Morgan fingerprint density at radius 3 is 2.29 bits per heavy atom. The first-order valence-electron chi connectivity index (χ1n) is 4.16. The molecule has 0 heterocycles. The van der Waals surface area contributed by atoms with E-state index < -0.39 is 0 Å². The molecule has 0 aliphatic heterocycles. The van der Waals surface area contributed by atoms with Crippen LogP contribution in [0.5, 0.6) is 11.5 Å². The van der Waals surface area contributed by atoms with E-state index in [-0.39, 0.29) is 18.4 Å². The third kappa shape index (κ3) is 2.79. The van der Waals surface area contributed by atoms with E-state index in [0.29, 0.717) is 0 Å². The monoisotopic (exact) mass is 216 g/mol. The summed E-state index contributed by atoms with van der Waals surface area (Å²) in [7, 11) is 3.26. The highest BCUT2D eigenvalue weighted by atomic mass is 35.5. The molecule has 1 aromatic carbocycles. The lowest BCUT2D eigenvalue weighted by Crippen LogP contribution is -3.00. The minimum absolute atomic E-state index is 0. The zero-order chi connectivity index (χ0) is 9.84. The van der Waals surface area contributed by atoms with Gasteiger partial charge in [-0.05, 0) is 25.1 Å². The van der Waals surface area contributed by atoms with E-state index >= 15 is 0 Å². The van der Waals surface area contributed by atoms with Crippen molar-refractivity contribution in [3.8, 4) is 11.5 Å². The number of benzene rings is 1. The van der Waals surface area contributed by atoms with Gasteiger partial charge < -0.3 is 27.6 Å². The van der Waals surface area contributed by atoms with Crippen molar-refractivity contribution in [3.05, 3.63) is 23.8 Å². The third-order valence-electron chi connectivity index (χ3n) is 1.93. The van der Waals surface area contributed by atoms with Crippen molar-refractivity contribution in [1.29, 1.82) is 0 Å². The number of nitrogens with two attached hydrogens (primary N) is 1. The number of ether oxygens (including phenoxy) is 2. The molecule has 4 heteroatoms. The van der Waals surface area contributed by atoms with Gasteiger partial charge in [-0.1, -0.05) is 0 Å². The van der Waals surface area contributed by atoms with Crippen LogP contribution in [0.2, 0.25) is 0 Å². The predicted molar refractivity (Wildman–Crippen MR) is 52.1 cm³/mol. The quantitative estimate of drug-likeness (QED) is 0.685. The second-order valence-corrected chi connectivity index (χ2v) is 2.90. The summed E-state index contributed by atoms with van der Waals surface area (Å²) in [5.74, 6) is 1.60. The van der Waals surface area contributed by atoms with Crippen molar-refractivity contribution < 1.29 is 21.9 Å². The Morgan fingerprint density at radius 1 is 1.21 bits per heavy atom. The molecule has 80 valence electrons. The predicted octanol–water partition coefficient (Wildman–Crippen LogP) is -1.27. The fourth-order valence-electron chi connectivity index (χ4n) is 1.20. The number of hydrogen-bond donors (Lipinski definition) is 1. The first-order chi connectivity index (χ1) is 6.19. The van der Waals surface area contributed by atoms with Crippen LogP contribution >= 0.6 is 0 Å². The van der Waals surface area contributed by atoms with Crippen LogP contribution in [0.15, 0.2) is 18.2 Å². The van der Waals surface area contributed by atoms with Gasteiger partial charge in [-0.3, -0.25) is 0 Å². The lowest BCUT2D eigenvalue weighted by atomic mass is 10.1. The lowest BCUT2D eigenvalue weighted by Gasteiger charge is -2.12. The highest BCUT2D eigenvalue weighted by Gasteiger charge is 2.08. The van der Waals surface area contributed by atoms with E-state index in [1.165, 1.54) is 0 Å². The van der Waals surface area contributed by atoms with Gasteiger partial charge in [0.1, 0.15) is 11.5 Å². The largest absolute Gasteiger partial charge is 1.00 e. The van der Waals surface area contributed by atoms with Crippen LogP contribution in [-0.4, -0.2) is 14.2 Å². The molecule has 0 fully saturated rings. The van der Waals surface area contributed by atoms with E-state index in [9.17, 15) is 0 Å². The van der Waals surface area contributed by atoms with Gasteiger partial charge in [0.2, 0.25) is 0 Å². The second-order valence-electron chi connectivity index (χ2n) is 2.90. The van der Waals surface area contributed by atoms with Gasteiger partial charge in [-0.25, -0.2) is 0 Å². The van der Waals surface area contributed by atoms with Gasteiger partial charge in [0.25, 0.3) is 0 Å². The zero-order valence-electron chi connectivity index (χ0n) is 8.58. The van der Waals surface area contributed by atoms with E-state index in [2.05, 4.69) is 0 Å². The van der Waals surface area contributed by atoms with Gasteiger partial charge in [0.15, 0.2) is 0 Å². The first-order valence-corrected chi connectivity index (χ1v) is 4.16. The molecule has 1 unspecified atom stereocenters. The van der Waals surface area contributed by atoms with E-state index in [1.54, 1.807) is 14.2 Å². The van der Waals surface area contributed by atoms with Crippen LogP contribution in [0.1, 0.15) is 18.5 Å². The van der Waals surface area contributed by atoms with Gasteiger partial charge in [0.05, 0.1) is 14.2 Å². The van der Waals surface area contributed by atoms with Gasteiger partial charge >= 0.3 is 0 Å². The summed E-state index contributed by atoms with van der Waals surface area (Å²) in [6.45, 7) is 1.91. The van der Waals surface area contributed by atoms with Gasteiger partial charge in [-0.2, -0.15) is 0 Å². The van der Waals surface area contributed by atoms with Crippen LogP contribution < -0.4 is 27.6 Å². The lowest BCUT2D eigenvalue weighted by molar-refractivity contribution is -0.00000353. The van der Waals surface area contributed by atoms with Gasteiger partial charge in [0, 0.05) is 11.6 Å². The molecule has 0 radical (unpaired) electrons. The average molecular weight is 217 g/mol. The van der Waals surface area contributed by atoms with Crippen LogP contribution in [0.4, 0.5) is 0 Å². The highest BCUT2D eigenvalue weighted by molar-refractivity contribution is 5.41. The van der Waals surface area contributed by atoms with Crippen molar-refractivity contribution in [3.63, 3.8) is 0 Å². The molecule has 0 saturated heterocycles. The minimum atomic E-state index is -0.0509. The summed E-state index contributed by atoms with van der Waals surface area (Å²) in [6, 6.07) is 5.55. The molecule has 1 rings (SSSR count). The highest BCUT2D eigenvalue weighted by Crippen LogP contribution is 2.27. The van der Waals surface area contributed by atoms with E-state index in [1.807, 2.05) is 25.1 Å². The molecule has 0 saturated carbocycles. The summed E-state index contributed by atoms with van der Waals surface area (Å²) in [5, 5.41) is 0. The van der Waals surface area contributed by atoms with Crippen molar-refractivity contribution in [2.45, 2.75) is 13.0 Å². The summed E-state index contributed by atoms with van der Waals surface area (Å²) in [6.07, 6.45) is 0. The summed E-state index contributed by atoms with van der Waals surface area (Å²) < 4.78 is 10.3. The Kier molecular flexibility index (Phi) is 5.35. The first kappa shape index (κ1) is 13.1. The standard InChI is InChI=1S/C10H15NO2.ClH/c1-7(11)9-6-8(12-2)4-5-10(9)13-3;/h4-7H,11H2,1-3H3;1H/p-1. The van der Waals surface area contributed by atoms with Crippen molar-refractivity contribution in [1.82, 2.24) is 0 Å². The van der Waals surface area contributed by atoms with Crippen LogP contribution in [-0.2, 0) is 0 Å².